The molecule has 2 aliphatic rings. The van der Waals surface area contributed by atoms with Crippen molar-refractivity contribution in [2.24, 2.45) is 5.92 Å². The normalized spacial score (nSPS) is 17.9. The fourth-order valence-electron chi connectivity index (χ4n) is 4.60. The van der Waals surface area contributed by atoms with Crippen molar-refractivity contribution >= 4 is 35.0 Å². The number of aryl methyl sites for hydroxylation is 1. The molecular weight excluding hydrogens is 458 g/mol. The highest BCUT2D eigenvalue weighted by Gasteiger charge is 2.38. The Bertz CT molecular complexity index is 1230. The lowest BCUT2D eigenvalue weighted by Crippen LogP contribution is -2.51. The second-order valence-electron chi connectivity index (χ2n) is 9.04. The highest BCUT2D eigenvalue weighted by molar-refractivity contribution is 6.00. The second-order valence-corrected chi connectivity index (χ2v) is 9.04. The topological polar surface area (TPSA) is 104 Å². The molecule has 0 saturated carbocycles. The van der Waals surface area contributed by atoms with E-state index in [0.717, 1.165) is 28.6 Å². The lowest BCUT2D eigenvalue weighted by atomic mass is 10.1. The van der Waals surface area contributed by atoms with Crippen LogP contribution in [0, 0.1) is 12.8 Å². The van der Waals surface area contributed by atoms with Gasteiger partial charge in [-0.1, -0.05) is 0 Å². The Balaban J connectivity index is 1.14. The van der Waals surface area contributed by atoms with E-state index >= 15 is 0 Å². The molecule has 10 heteroatoms. The first kappa shape index (κ1) is 23.5. The van der Waals surface area contributed by atoms with E-state index in [1.54, 1.807) is 18.2 Å². The Morgan fingerprint density at radius 3 is 2.44 bits per heavy atom. The van der Waals surface area contributed by atoms with Crippen molar-refractivity contribution in [2.75, 3.05) is 55.0 Å². The van der Waals surface area contributed by atoms with Crippen LogP contribution in [0.5, 0.6) is 5.75 Å². The number of aromatic nitrogens is 3. The van der Waals surface area contributed by atoms with Gasteiger partial charge in [0.2, 0.25) is 11.8 Å². The number of carbonyl (C=O) groups is 2. The summed E-state index contributed by atoms with van der Waals surface area (Å²) < 4.78 is 5.19. The number of pyridine rings is 1. The van der Waals surface area contributed by atoms with Gasteiger partial charge in [-0.25, -0.2) is 4.98 Å². The maximum absolute atomic E-state index is 13.2. The van der Waals surface area contributed by atoms with Gasteiger partial charge in [0, 0.05) is 51.0 Å². The van der Waals surface area contributed by atoms with Gasteiger partial charge in [0.1, 0.15) is 11.6 Å². The number of carbonyl (C=O) groups excluding carboxylic acids is 2. The largest absolute Gasteiger partial charge is 0.497 e. The number of ether oxygens (including phenoxy) is 1. The van der Waals surface area contributed by atoms with Crippen molar-refractivity contribution in [2.45, 2.75) is 13.3 Å². The Labute approximate surface area is 209 Å². The van der Waals surface area contributed by atoms with Gasteiger partial charge in [0.25, 0.3) is 0 Å². The molecule has 2 aromatic heterocycles. The minimum Gasteiger partial charge on any atom is -0.497 e. The number of benzene rings is 1. The molecule has 0 radical (unpaired) electrons. The van der Waals surface area contributed by atoms with Crippen LogP contribution in [0.4, 0.5) is 23.1 Å². The zero-order valence-electron chi connectivity index (χ0n) is 20.4. The number of methoxy groups -OCH3 is 1. The summed E-state index contributed by atoms with van der Waals surface area (Å²) in [5.74, 6) is 2.53. The van der Waals surface area contributed by atoms with Crippen molar-refractivity contribution in [3.8, 4) is 5.75 Å². The summed E-state index contributed by atoms with van der Waals surface area (Å²) in [5, 5.41) is 11.8. The van der Waals surface area contributed by atoms with Crippen LogP contribution in [0.1, 0.15) is 12.0 Å². The number of amides is 2. The number of hydrogen-bond donors (Lipinski definition) is 1. The molecule has 2 amide bonds. The van der Waals surface area contributed by atoms with Crippen LogP contribution in [0.15, 0.2) is 54.7 Å². The van der Waals surface area contributed by atoms with E-state index in [0.29, 0.717) is 38.5 Å². The van der Waals surface area contributed by atoms with E-state index in [1.807, 2.05) is 60.4 Å². The molecule has 3 aromatic rings. The zero-order chi connectivity index (χ0) is 25.1. The van der Waals surface area contributed by atoms with Gasteiger partial charge < -0.3 is 24.8 Å². The highest BCUT2D eigenvalue weighted by Crippen LogP contribution is 2.28. The van der Waals surface area contributed by atoms with Crippen molar-refractivity contribution in [1.29, 1.82) is 0 Å². The lowest BCUT2D eigenvalue weighted by Gasteiger charge is -2.36. The monoisotopic (exact) mass is 487 g/mol. The SMILES string of the molecule is COc1ccc(N2CC(C(=O)N3CCN(c4ccc(Nc5cc(C)ccn5)nn4)CC3)CC2=O)cc1. The van der Waals surface area contributed by atoms with Gasteiger partial charge in [-0.15, -0.1) is 10.2 Å². The number of nitrogens with zero attached hydrogens (tertiary/aromatic N) is 6. The van der Waals surface area contributed by atoms with Crippen molar-refractivity contribution in [3.05, 3.63) is 60.3 Å². The highest BCUT2D eigenvalue weighted by atomic mass is 16.5. The second kappa shape index (κ2) is 10.2. The van der Waals surface area contributed by atoms with E-state index in [2.05, 4.69) is 25.4 Å². The molecule has 4 heterocycles. The van der Waals surface area contributed by atoms with Crippen LogP contribution in [0.2, 0.25) is 0 Å². The van der Waals surface area contributed by atoms with Gasteiger partial charge in [-0.05, 0) is 61.0 Å². The molecule has 0 aliphatic carbocycles. The molecule has 186 valence electrons. The van der Waals surface area contributed by atoms with Gasteiger partial charge >= 0.3 is 0 Å². The third-order valence-corrected chi connectivity index (χ3v) is 6.60. The first-order chi connectivity index (χ1) is 17.5. The van der Waals surface area contributed by atoms with Gasteiger partial charge in [-0.2, -0.15) is 0 Å². The zero-order valence-corrected chi connectivity index (χ0v) is 20.4. The molecule has 36 heavy (non-hydrogen) atoms. The molecule has 0 spiro atoms. The number of piperazine rings is 1. The molecule has 2 fully saturated rings. The molecule has 5 rings (SSSR count). The summed E-state index contributed by atoms with van der Waals surface area (Å²) in [4.78, 5) is 35.7. The minimum atomic E-state index is -0.327. The number of hydrogen-bond acceptors (Lipinski definition) is 8. The quantitative estimate of drug-likeness (QED) is 0.566. The average molecular weight is 488 g/mol. The average Bonchev–Trinajstić information content (AvgIpc) is 3.30. The molecule has 1 N–H and O–H groups in total. The van der Waals surface area contributed by atoms with Crippen LogP contribution < -0.4 is 19.9 Å². The summed E-state index contributed by atoms with van der Waals surface area (Å²) in [7, 11) is 1.60. The number of nitrogens with one attached hydrogen (secondary N) is 1. The summed E-state index contributed by atoms with van der Waals surface area (Å²) in [5.41, 5.74) is 1.90. The summed E-state index contributed by atoms with van der Waals surface area (Å²) in [6.07, 6.45) is 1.99. The molecule has 0 bridgehead atoms. The Hall–Kier alpha value is -4.21. The van der Waals surface area contributed by atoms with Crippen molar-refractivity contribution in [3.63, 3.8) is 0 Å². The van der Waals surface area contributed by atoms with E-state index in [1.165, 1.54) is 0 Å². The predicted molar refractivity (Wildman–Crippen MR) is 137 cm³/mol. The molecule has 1 atom stereocenters. The van der Waals surface area contributed by atoms with E-state index in [9.17, 15) is 9.59 Å². The summed E-state index contributed by atoms with van der Waals surface area (Å²) >= 11 is 0. The van der Waals surface area contributed by atoms with Gasteiger partial charge in [-0.3, -0.25) is 9.59 Å². The maximum Gasteiger partial charge on any atom is 0.228 e. The predicted octanol–water partition coefficient (Wildman–Crippen LogP) is 2.63. The maximum atomic E-state index is 13.2. The van der Waals surface area contributed by atoms with Crippen molar-refractivity contribution in [1.82, 2.24) is 20.1 Å². The molecule has 2 aliphatic heterocycles. The fraction of sp³-hybridized carbons (Fsp3) is 0.346. The summed E-state index contributed by atoms with van der Waals surface area (Å²) in [6.45, 7) is 4.90. The van der Waals surface area contributed by atoms with Gasteiger partial charge in [0.15, 0.2) is 11.6 Å². The Morgan fingerprint density at radius 2 is 1.78 bits per heavy atom. The van der Waals surface area contributed by atoms with Gasteiger partial charge in [0.05, 0.1) is 13.0 Å². The van der Waals surface area contributed by atoms with Crippen LogP contribution in [0.3, 0.4) is 0 Å². The Morgan fingerprint density at radius 1 is 1.00 bits per heavy atom. The van der Waals surface area contributed by atoms with Crippen LogP contribution >= 0.6 is 0 Å². The first-order valence-corrected chi connectivity index (χ1v) is 12.0. The van der Waals surface area contributed by atoms with E-state index in [-0.39, 0.29) is 24.2 Å². The van der Waals surface area contributed by atoms with Crippen LogP contribution in [-0.2, 0) is 9.59 Å². The number of anilines is 4. The van der Waals surface area contributed by atoms with E-state index in [4.69, 9.17) is 4.74 Å². The third-order valence-electron chi connectivity index (χ3n) is 6.60. The molecule has 1 aromatic carbocycles. The minimum absolute atomic E-state index is 0.0259. The number of rotatable bonds is 6. The van der Waals surface area contributed by atoms with Crippen molar-refractivity contribution < 1.29 is 14.3 Å². The smallest absolute Gasteiger partial charge is 0.228 e. The molecule has 2 saturated heterocycles. The first-order valence-electron chi connectivity index (χ1n) is 12.0. The molecule has 1 unspecified atom stereocenters. The Kier molecular flexibility index (Phi) is 6.66. The van der Waals surface area contributed by atoms with Crippen LogP contribution in [0.25, 0.3) is 0 Å². The van der Waals surface area contributed by atoms with E-state index < -0.39 is 0 Å². The molecule has 10 nitrogen and oxygen atoms in total. The lowest BCUT2D eigenvalue weighted by molar-refractivity contribution is -0.136. The third kappa shape index (κ3) is 5.07. The molecular formula is C26H29N7O3. The standard InChI is InChI=1S/C26H29N7O3/c1-18-9-10-27-23(15-18)28-22-7-8-24(30-29-22)31-11-13-32(14-12-31)26(35)19-16-25(34)33(17-19)20-3-5-21(36-2)6-4-20/h3-10,15,19H,11-14,16-17H2,1-2H3,(H,27,28,29). The van der Waals surface area contributed by atoms with Crippen LogP contribution in [-0.4, -0.2) is 71.7 Å². The summed E-state index contributed by atoms with van der Waals surface area (Å²) in [6, 6.07) is 15.0. The fourth-order valence-corrected chi connectivity index (χ4v) is 4.60.